The van der Waals surface area contributed by atoms with Crippen LogP contribution in [0.5, 0.6) is 0 Å². The number of halogens is 1. The van der Waals surface area contributed by atoms with E-state index in [4.69, 9.17) is 0 Å². The second-order valence-electron chi connectivity index (χ2n) is 7.26. The molecule has 0 radical (unpaired) electrons. The van der Waals surface area contributed by atoms with Crippen LogP contribution in [0.25, 0.3) is 11.1 Å². The van der Waals surface area contributed by atoms with Gasteiger partial charge in [0.15, 0.2) is 0 Å². The minimum absolute atomic E-state index is 0.0341. The Morgan fingerprint density at radius 3 is 2.00 bits per heavy atom. The van der Waals surface area contributed by atoms with Crippen LogP contribution in [0.15, 0.2) is 114 Å². The minimum atomic E-state index is -4.07. The van der Waals surface area contributed by atoms with Gasteiger partial charge in [-0.15, -0.1) is 0 Å². The summed E-state index contributed by atoms with van der Waals surface area (Å²) in [6.07, 6.45) is 0. The van der Waals surface area contributed by atoms with Gasteiger partial charge in [0.25, 0.3) is 10.0 Å². The molecule has 4 aromatic rings. The Labute approximate surface area is 192 Å². The number of benzene rings is 4. The smallest absolute Gasteiger partial charge is 0.264 e. The number of amides is 1. The van der Waals surface area contributed by atoms with Crippen molar-refractivity contribution in [3.05, 3.63) is 115 Å². The third kappa shape index (κ3) is 5.10. The van der Waals surface area contributed by atoms with Crippen LogP contribution in [0.2, 0.25) is 0 Å². The molecule has 166 valence electrons. The van der Waals surface area contributed by atoms with Gasteiger partial charge in [-0.2, -0.15) is 0 Å². The summed E-state index contributed by atoms with van der Waals surface area (Å²) in [5.41, 5.74) is 2.48. The van der Waals surface area contributed by atoms with Gasteiger partial charge in [0.2, 0.25) is 5.91 Å². The first-order valence-corrected chi connectivity index (χ1v) is 11.7. The number of hydrogen-bond acceptors (Lipinski definition) is 3. The Bertz CT molecular complexity index is 1340. The van der Waals surface area contributed by atoms with Gasteiger partial charge in [-0.1, -0.05) is 66.7 Å². The lowest BCUT2D eigenvalue weighted by molar-refractivity contribution is -0.114. The van der Waals surface area contributed by atoms with Crippen molar-refractivity contribution in [1.29, 1.82) is 0 Å². The molecule has 0 saturated heterocycles. The van der Waals surface area contributed by atoms with Crippen molar-refractivity contribution >= 4 is 27.3 Å². The third-order valence-electron chi connectivity index (χ3n) is 5.02. The number of hydrogen-bond donors (Lipinski definition) is 1. The van der Waals surface area contributed by atoms with Crippen molar-refractivity contribution in [2.45, 2.75) is 4.90 Å². The van der Waals surface area contributed by atoms with E-state index in [0.29, 0.717) is 5.69 Å². The van der Waals surface area contributed by atoms with Crippen LogP contribution in [-0.2, 0) is 14.8 Å². The molecule has 7 heteroatoms. The Morgan fingerprint density at radius 2 is 1.33 bits per heavy atom. The maximum atomic E-state index is 13.5. The molecule has 0 atom stereocenters. The Hall–Kier alpha value is -3.97. The van der Waals surface area contributed by atoms with Gasteiger partial charge in [-0.3, -0.25) is 9.10 Å². The van der Waals surface area contributed by atoms with Gasteiger partial charge in [0.1, 0.15) is 12.4 Å². The first kappa shape index (κ1) is 22.2. The number of para-hydroxylation sites is 1. The van der Waals surface area contributed by atoms with E-state index in [1.807, 2.05) is 42.5 Å². The standard InChI is InChI=1S/C26H21FN2O3S/c27-21-15-17-22(18-16-21)29(33(31,32)23-11-5-2-6-12-23)19-26(30)28-25-14-8-7-13-24(25)20-9-3-1-4-10-20/h1-18H,19H2,(H,28,30). The van der Waals surface area contributed by atoms with Gasteiger partial charge in [-0.05, 0) is 48.0 Å². The Balaban J connectivity index is 1.65. The number of rotatable bonds is 7. The largest absolute Gasteiger partial charge is 0.324 e. The van der Waals surface area contributed by atoms with Crippen molar-refractivity contribution in [3.63, 3.8) is 0 Å². The molecule has 0 aliphatic rings. The number of carbonyl (C=O) groups is 1. The van der Waals surface area contributed by atoms with Crippen molar-refractivity contribution in [3.8, 4) is 11.1 Å². The molecule has 1 N–H and O–H groups in total. The quantitative estimate of drug-likeness (QED) is 0.406. The predicted octanol–water partition coefficient (Wildman–Crippen LogP) is 5.33. The molecule has 0 spiro atoms. The van der Waals surface area contributed by atoms with E-state index in [0.717, 1.165) is 27.6 Å². The zero-order chi connectivity index (χ0) is 23.3. The van der Waals surface area contributed by atoms with E-state index < -0.39 is 28.3 Å². The summed E-state index contributed by atoms with van der Waals surface area (Å²) in [4.78, 5) is 13.1. The fourth-order valence-electron chi connectivity index (χ4n) is 3.42. The summed E-state index contributed by atoms with van der Waals surface area (Å²) in [5, 5.41) is 2.83. The molecule has 0 bridgehead atoms. The van der Waals surface area contributed by atoms with E-state index in [9.17, 15) is 17.6 Å². The van der Waals surface area contributed by atoms with Gasteiger partial charge < -0.3 is 5.32 Å². The van der Waals surface area contributed by atoms with Crippen molar-refractivity contribution < 1.29 is 17.6 Å². The van der Waals surface area contributed by atoms with Crippen molar-refractivity contribution in [2.24, 2.45) is 0 Å². The number of carbonyl (C=O) groups excluding carboxylic acids is 1. The number of anilines is 2. The average Bonchev–Trinajstić information content (AvgIpc) is 2.84. The molecule has 0 saturated carbocycles. The summed E-state index contributed by atoms with van der Waals surface area (Å²) in [6.45, 7) is -0.480. The van der Waals surface area contributed by atoms with Crippen LogP contribution < -0.4 is 9.62 Å². The van der Waals surface area contributed by atoms with Gasteiger partial charge in [0.05, 0.1) is 10.6 Å². The molecule has 0 heterocycles. The molecule has 33 heavy (non-hydrogen) atoms. The zero-order valence-corrected chi connectivity index (χ0v) is 18.4. The normalized spacial score (nSPS) is 11.1. The third-order valence-corrected chi connectivity index (χ3v) is 6.81. The summed E-state index contributed by atoms with van der Waals surface area (Å²) >= 11 is 0. The molecular weight excluding hydrogens is 439 g/mol. The Kier molecular flexibility index (Phi) is 6.51. The van der Waals surface area contributed by atoms with E-state index in [2.05, 4.69) is 5.32 Å². The predicted molar refractivity (Wildman–Crippen MR) is 128 cm³/mol. The maximum absolute atomic E-state index is 13.5. The fourth-order valence-corrected chi connectivity index (χ4v) is 4.87. The maximum Gasteiger partial charge on any atom is 0.264 e. The van der Waals surface area contributed by atoms with Crippen LogP contribution in [-0.4, -0.2) is 20.9 Å². The molecule has 0 aromatic heterocycles. The molecule has 4 rings (SSSR count). The van der Waals surface area contributed by atoms with Crippen LogP contribution in [0, 0.1) is 5.82 Å². The molecule has 4 aromatic carbocycles. The highest BCUT2D eigenvalue weighted by atomic mass is 32.2. The van der Waals surface area contributed by atoms with E-state index in [1.165, 1.54) is 24.3 Å². The van der Waals surface area contributed by atoms with Gasteiger partial charge in [-0.25, -0.2) is 12.8 Å². The summed E-state index contributed by atoms with van der Waals surface area (Å²) in [7, 11) is -4.07. The fraction of sp³-hybridized carbons (Fsp3) is 0.0385. The monoisotopic (exact) mass is 460 g/mol. The molecule has 0 unspecified atom stereocenters. The summed E-state index contributed by atoms with van der Waals surface area (Å²) in [5.74, 6) is -1.03. The van der Waals surface area contributed by atoms with Crippen molar-refractivity contribution in [2.75, 3.05) is 16.2 Å². The zero-order valence-electron chi connectivity index (χ0n) is 17.6. The highest BCUT2D eigenvalue weighted by Gasteiger charge is 2.27. The lowest BCUT2D eigenvalue weighted by Crippen LogP contribution is -2.38. The first-order valence-electron chi connectivity index (χ1n) is 10.2. The number of sulfonamides is 1. The molecule has 0 aliphatic heterocycles. The van der Waals surface area contributed by atoms with Crippen LogP contribution in [0.1, 0.15) is 0 Å². The molecule has 1 amide bonds. The summed E-state index contributed by atoms with van der Waals surface area (Å²) in [6, 6.07) is 29.6. The van der Waals surface area contributed by atoms with Gasteiger partial charge >= 0.3 is 0 Å². The first-order chi connectivity index (χ1) is 15.9. The minimum Gasteiger partial charge on any atom is -0.324 e. The highest BCUT2D eigenvalue weighted by Crippen LogP contribution is 2.28. The topological polar surface area (TPSA) is 66.5 Å². The van der Waals surface area contributed by atoms with E-state index >= 15 is 0 Å². The van der Waals surface area contributed by atoms with Gasteiger partial charge in [0, 0.05) is 11.3 Å². The molecule has 0 fully saturated rings. The molecule has 0 aliphatic carbocycles. The Morgan fingerprint density at radius 1 is 0.758 bits per heavy atom. The lowest BCUT2D eigenvalue weighted by Gasteiger charge is -2.24. The summed E-state index contributed by atoms with van der Waals surface area (Å²) < 4.78 is 41.1. The number of nitrogens with one attached hydrogen (secondary N) is 1. The SMILES string of the molecule is O=C(CN(c1ccc(F)cc1)S(=O)(=O)c1ccccc1)Nc1ccccc1-c1ccccc1. The van der Waals surface area contributed by atoms with Crippen molar-refractivity contribution in [1.82, 2.24) is 0 Å². The van der Waals surface area contributed by atoms with Crippen LogP contribution in [0.3, 0.4) is 0 Å². The van der Waals surface area contributed by atoms with E-state index in [1.54, 1.807) is 30.3 Å². The second-order valence-corrected chi connectivity index (χ2v) is 9.12. The van der Waals surface area contributed by atoms with Crippen LogP contribution >= 0.6 is 0 Å². The lowest BCUT2D eigenvalue weighted by atomic mass is 10.0. The highest BCUT2D eigenvalue weighted by molar-refractivity contribution is 7.92. The average molecular weight is 461 g/mol. The number of nitrogens with zero attached hydrogens (tertiary/aromatic N) is 1. The van der Waals surface area contributed by atoms with Crippen LogP contribution in [0.4, 0.5) is 15.8 Å². The second kappa shape index (κ2) is 9.67. The molecule has 5 nitrogen and oxygen atoms in total. The van der Waals surface area contributed by atoms with E-state index in [-0.39, 0.29) is 10.6 Å². The molecular formula is C26H21FN2O3S.